The second kappa shape index (κ2) is 7.76. The van der Waals surface area contributed by atoms with Gasteiger partial charge in [0.2, 0.25) is 0 Å². The molecule has 8 heteroatoms. The Morgan fingerprint density at radius 1 is 1.10 bits per heavy atom. The minimum Gasteiger partial charge on any atom is -0.360 e. The number of fused-ring (bicyclic) bond motifs is 2. The number of rotatable bonds is 4. The van der Waals surface area contributed by atoms with E-state index in [4.69, 9.17) is 11.6 Å². The zero-order chi connectivity index (χ0) is 21.5. The Labute approximate surface area is 187 Å². The monoisotopic (exact) mass is 447 g/mol. The second-order valence-electron chi connectivity index (χ2n) is 7.22. The summed E-state index contributed by atoms with van der Waals surface area (Å²) >= 11 is 7.92. The SMILES string of the molecule is Cc1nc2c(N[C@@H](C)c3cc4cccc(Cl)c4c(=O)n3-c3ccccc3)ncnc2s1. The molecule has 2 aromatic carbocycles. The first kappa shape index (κ1) is 19.7. The summed E-state index contributed by atoms with van der Waals surface area (Å²) in [6.07, 6.45) is 1.53. The summed E-state index contributed by atoms with van der Waals surface area (Å²) in [6, 6.07) is 16.8. The van der Waals surface area contributed by atoms with Gasteiger partial charge in [-0.25, -0.2) is 15.0 Å². The quantitative estimate of drug-likeness (QED) is 0.392. The van der Waals surface area contributed by atoms with Crippen molar-refractivity contribution in [2.45, 2.75) is 19.9 Å². The third-order valence-corrected chi connectivity index (χ3v) is 6.33. The highest BCUT2D eigenvalue weighted by Crippen LogP contribution is 2.29. The molecule has 31 heavy (non-hydrogen) atoms. The zero-order valence-electron chi connectivity index (χ0n) is 16.8. The second-order valence-corrected chi connectivity index (χ2v) is 8.81. The Bertz CT molecular complexity index is 1480. The number of anilines is 1. The maximum atomic E-state index is 13.6. The molecule has 0 aliphatic rings. The van der Waals surface area contributed by atoms with Gasteiger partial charge < -0.3 is 5.32 Å². The molecular weight excluding hydrogens is 430 g/mol. The highest BCUT2D eigenvalue weighted by Gasteiger charge is 2.19. The molecule has 5 rings (SSSR count). The molecule has 3 aromatic heterocycles. The lowest BCUT2D eigenvalue weighted by Crippen LogP contribution is -2.25. The molecular formula is C23H18ClN5OS. The van der Waals surface area contributed by atoms with Gasteiger partial charge in [0.05, 0.1) is 21.5 Å². The number of para-hydroxylation sites is 1. The molecule has 3 heterocycles. The van der Waals surface area contributed by atoms with Crippen molar-refractivity contribution in [1.82, 2.24) is 19.5 Å². The molecule has 5 aromatic rings. The molecule has 0 amide bonds. The molecule has 6 nitrogen and oxygen atoms in total. The van der Waals surface area contributed by atoms with E-state index < -0.39 is 0 Å². The van der Waals surface area contributed by atoms with Crippen molar-refractivity contribution >= 4 is 49.9 Å². The van der Waals surface area contributed by atoms with Crippen LogP contribution in [0, 0.1) is 6.92 Å². The van der Waals surface area contributed by atoms with E-state index in [2.05, 4.69) is 20.3 Å². The van der Waals surface area contributed by atoms with E-state index in [1.54, 1.807) is 10.6 Å². The Balaban J connectivity index is 1.70. The summed E-state index contributed by atoms with van der Waals surface area (Å²) in [6.45, 7) is 3.94. The Morgan fingerprint density at radius 3 is 2.71 bits per heavy atom. The molecule has 0 fully saturated rings. The van der Waals surface area contributed by atoms with Gasteiger partial charge in [0.1, 0.15) is 16.7 Å². The summed E-state index contributed by atoms with van der Waals surface area (Å²) in [7, 11) is 0. The maximum absolute atomic E-state index is 13.6. The number of nitrogens with one attached hydrogen (secondary N) is 1. The number of pyridine rings is 1. The minimum absolute atomic E-state index is 0.157. The van der Waals surface area contributed by atoms with Crippen LogP contribution < -0.4 is 10.9 Å². The van der Waals surface area contributed by atoms with Crippen LogP contribution in [0.4, 0.5) is 5.82 Å². The highest BCUT2D eigenvalue weighted by atomic mass is 35.5. The molecule has 0 aliphatic heterocycles. The van der Waals surface area contributed by atoms with Gasteiger partial charge >= 0.3 is 0 Å². The summed E-state index contributed by atoms with van der Waals surface area (Å²) in [5.41, 5.74) is 2.14. The Kier molecular flexibility index (Phi) is 4.92. The van der Waals surface area contributed by atoms with Crippen molar-refractivity contribution in [2.75, 3.05) is 5.32 Å². The van der Waals surface area contributed by atoms with E-state index in [-0.39, 0.29) is 11.6 Å². The molecule has 154 valence electrons. The van der Waals surface area contributed by atoms with Gasteiger partial charge in [0.25, 0.3) is 5.56 Å². The molecule has 0 unspecified atom stereocenters. The molecule has 0 saturated heterocycles. The lowest BCUT2D eigenvalue weighted by molar-refractivity contribution is 0.774. The topological polar surface area (TPSA) is 72.7 Å². The van der Waals surface area contributed by atoms with E-state index in [0.717, 1.165) is 32.1 Å². The lowest BCUT2D eigenvalue weighted by Gasteiger charge is -2.21. The van der Waals surface area contributed by atoms with Gasteiger partial charge in [-0.05, 0) is 43.5 Å². The van der Waals surface area contributed by atoms with Crippen LogP contribution in [0.5, 0.6) is 0 Å². The molecule has 0 saturated carbocycles. The van der Waals surface area contributed by atoms with Crippen molar-refractivity contribution < 1.29 is 0 Å². The van der Waals surface area contributed by atoms with Crippen LogP contribution in [0.2, 0.25) is 5.02 Å². The normalized spacial score (nSPS) is 12.4. The molecule has 0 spiro atoms. The number of hydrogen-bond acceptors (Lipinski definition) is 6. The van der Waals surface area contributed by atoms with Crippen LogP contribution in [0.25, 0.3) is 26.8 Å². The number of hydrogen-bond donors (Lipinski definition) is 1. The number of halogens is 1. The fourth-order valence-electron chi connectivity index (χ4n) is 3.74. The molecule has 0 aliphatic carbocycles. The number of thiazole rings is 1. The zero-order valence-corrected chi connectivity index (χ0v) is 18.4. The maximum Gasteiger partial charge on any atom is 0.264 e. The summed E-state index contributed by atoms with van der Waals surface area (Å²) in [4.78, 5) is 27.7. The van der Waals surface area contributed by atoms with E-state index in [0.29, 0.717) is 16.2 Å². The van der Waals surface area contributed by atoms with Crippen LogP contribution in [0.1, 0.15) is 23.7 Å². The summed E-state index contributed by atoms with van der Waals surface area (Å²) in [5.74, 6) is 0.639. The molecule has 0 radical (unpaired) electrons. The van der Waals surface area contributed by atoms with Crippen LogP contribution in [0.15, 0.2) is 65.7 Å². The van der Waals surface area contributed by atoms with Crippen LogP contribution in [-0.2, 0) is 0 Å². The van der Waals surface area contributed by atoms with Crippen LogP contribution in [-0.4, -0.2) is 19.5 Å². The van der Waals surface area contributed by atoms with Crippen molar-refractivity contribution in [2.24, 2.45) is 0 Å². The first-order chi connectivity index (χ1) is 15.0. The molecule has 0 bridgehead atoms. The van der Waals surface area contributed by atoms with Crippen LogP contribution in [0.3, 0.4) is 0 Å². The van der Waals surface area contributed by atoms with Gasteiger partial charge in [-0.1, -0.05) is 53.3 Å². The van der Waals surface area contributed by atoms with E-state index in [1.165, 1.54) is 17.7 Å². The fraction of sp³-hybridized carbons (Fsp3) is 0.130. The van der Waals surface area contributed by atoms with Gasteiger partial charge in [-0.3, -0.25) is 9.36 Å². The van der Waals surface area contributed by atoms with Gasteiger partial charge in [0, 0.05) is 11.4 Å². The average Bonchev–Trinajstić information content (AvgIpc) is 3.15. The highest BCUT2D eigenvalue weighted by molar-refractivity contribution is 7.18. The third kappa shape index (κ3) is 3.45. The van der Waals surface area contributed by atoms with E-state index in [9.17, 15) is 4.79 Å². The van der Waals surface area contributed by atoms with Crippen molar-refractivity contribution in [1.29, 1.82) is 0 Å². The number of benzene rings is 2. The van der Waals surface area contributed by atoms with Gasteiger partial charge in [-0.2, -0.15) is 0 Å². The predicted molar refractivity (Wildman–Crippen MR) is 127 cm³/mol. The van der Waals surface area contributed by atoms with E-state index >= 15 is 0 Å². The first-order valence-electron chi connectivity index (χ1n) is 9.77. The average molecular weight is 448 g/mol. The van der Waals surface area contributed by atoms with Gasteiger partial charge in [-0.15, -0.1) is 0 Å². The lowest BCUT2D eigenvalue weighted by atomic mass is 10.1. The smallest absolute Gasteiger partial charge is 0.264 e. The number of aromatic nitrogens is 4. The minimum atomic E-state index is -0.239. The standard InChI is InChI=1S/C23H18ClN5OS/c1-13(27-21-20-22(26-12-25-21)31-14(2)28-20)18-11-15-7-6-10-17(24)19(15)23(30)29(18)16-8-4-3-5-9-16/h3-13H,1-2H3,(H,25,26,27)/t13-/m0/s1. The summed E-state index contributed by atoms with van der Waals surface area (Å²) in [5, 5.41) is 6.10. The fourth-order valence-corrected chi connectivity index (χ4v) is 4.76. The van der Waals surface area contributed by atoms with E-state index in [1.807, 2.05) is 62.4 Å². The predicted octanol–water partition coefficient (Wildman–Crippen LogP) is 5.53. The number of nitrogens with zero attached hydrogens (tertiary/aromatic N) is 4. The summed E-state index contributed by atoms with van der Waals surface area (Å²) < 4.78 is 1.70. The van der Waals surface area contributed by atoms with Crippen molar-refractivity contribution in [3.05, 3.63) is 87.0 Å². The largest absolute Gasteiger partial charge is 0.360 e. The van der Waals surface area contributed by atoms with Crippen molar-refractivity contribution in [3.63, 3.8) is 0 Å². The Hall–Kier alpha value is -3.29. The molecule has 1 atom stereocenters. The van der Waals surface area contributed by atoms with Gasteiger partial charge in [0.15, 0.2) is 5.82 Å². The first-order valence-corrected chi connectivity index (χ1v) is 11.0. The number of aryl methyl sites for hydroxylation is 1. The Morgan fingerprint density at radius 2 is 1.90 bits per heavy atom. The molecule has 1 N–H and O–H groups in total. The van der Waals surface area contributed by atoms with Crippen LogP contribution >= 0.6 is 22.9 Å². The van der Waals surface area contributed by atoms with Crippen molar-refractivity contribution in [3.8, 4) is 5.69 Å². The third-order valence-electron chi connectivity index (χ3n) is 5.14.